The third-order valence-corrected chi connectivity index (χ3v) is 3.88. The number of aromatic nitrogens is 1. The fourth-order valence-corrected chi connectivity index (χ4v) is 2.57. The SMILES string of the molecule is CC(C)CC(O)CNS(=O)(=O)c1ccc([N+](=O)[O-])nc1. The van der Waals surface area contributed by atoms with Gasteiger partial charge in [0.05, 0.1) is 6.10 Å². The first-order valence-corrected chi connectivity index (χ1v) is 7.49. The van der Waals surface area contributed by atoms with Crippen molar-refractivity contribution in [2.24, 2.45) is 5.92 Å². The molecule has 1 unspecified atom stereocenters. The van der Waals surface area contributed by atoms with E-state index < -0.39 is 26.9 Å². The average molecular weight is 303 g/mol. The van der Waals surface area contributed by atoms with Crippen LogP contribution in [0.5, 0.6) is 0 Å². The van der Waals surface area contributed by atoms with Crippen LogP contribution >= 0.6 is 0 Å². The molecule has 1 heterocycles. The number of nitrogens with zero attached hydrogens (tertiary/aromatic N) is 2. The Labute approximate surface area is 117 Å². The van der Waals surface area contributed by atoms with Gasteiger partial charge in [-0.2, -0.15) is 0 Å². The molecule has 1 aromatic rings. The lowest BCUT2D eigenvalue weighted by Gasteiger charge is -2.13. The van der Waals surface area contributed by atoms with Gasteiger partial charge in [-0.3, -0.25) is 0 Å². The van der Waals surface area contributed by atoms with Crippen LogP contribution in [0.25, 0.3) is 0 Å². The molecule has 0 bridgehead atoms. The van der Waals surface area contributed by atoms with Crippen LogP contribution in [0.2, 0.25) is 0 Å². The van der Waals surface area contributed by atoms with Crippen molar-refractivity contribution < 1.29 is 18.4 Å². The Kier molecular flexibility index (Phi) is 5.54. The van der Waals surface area contributed by atoms with E-state index in [2.05, 4.69) is 9.71 Å². The highest BCUT2D eigenvalue weighted by Crippen LogP contribution is 2.12. The molecule has 0 aliphatic heterocycles. The summed E-state index contributed by atoms with van der Waals surface area (Å²) in [6.45, 7) is 3.72. The Morgan fingerprint density at radius 1 is 1.45 bits per heavy atom. The van der Waals surface area contributed by atoms with E-state index in [-0.39, 0.29) is 17.4 Å². The molecule has 0 amide bonds. The number of nitro groups is 1. The number of hydrogen-bond donors (Lipinski definition) is 2. The number of hydrogen-bond acceptors (Lipinski definition) is 6. The number of sulfonamides is 1. The van der Waals surface area contributed by atoms with Crippen molar-refractivity contribution in [3.05, 3.63) is 28.4 Å². The second kappa shape index (κ2) is 6.73. The van der Waals surface area contributed by atoms with E-state index >= 15 is 0 Å². The van der Waals surface area contributed by atoms with Crippen LogP contribution in [0.15, 0.2) is 23.2 Å². The fraction of sp³-hybridized carbons (Fsp3) is 0.545. The molecule has 1 rings (SSSR count). The van der Waals surface area contributed by atoms with Gasteiger partial charge in [0.25, 0.3) is 0 Å². The molecule has 0 aliphatic rings. The summed E-state index contributed by atoms with van der Waals surface area (Å²) in [6, 6.07) is 2.11. The highest BCUT2D eigenvalue weighted by atomic mass is 32.2. The van der Waals surface area contributed by atoms with Crippen LogP contribution in [0.1, 0.15) is 20.3 Å². The monoisotopic (exact) mass is 303 g/mol. The summed E-state index contributed by atoms with van der Waals surface area (Å²) in [5.74, 6) is -0.181. The van der Waals surface area contributed by atoms with Crippen LogP contribution < -0.4 is 4.72 Å². The van der Waals surface area contributed by atoms with Crippen LogP contribution in [0.4, 0.5) is 5.82 Å². The molecule has 0 saturated carbocycles. The van der Waals surface area contributed by atoms with Crippen molar-refractivity contribution in [2.45, 2.75) is 31.3 Å². The largest absolute Gasteiger partial charge is 0.392 e. The van der Waals surface area contributed by atoms with E-state index in [1.165, 1.54) is 0 Å². The molecule has 0 fully saturated rings. The van der Waals surface area contributed by atoms with Gasteiger partial charge >= 0.3 is 5.82 Å². The second-order valence-corrected chi connectivity index (χ2v) is 6.51. The lowest BCUT2D eigenvalue weighted by molar-refractivity contribution is -0.389. The lowest BCUT2D eigenvalue weighted by atomic mass is 10.1. The normalized spacial score (nSPS) is 13.4. The number of nitrogens with one attached hydrogen (secondary N) is 1. The maximum Gasteiger partial charge on any atom is 0.363 e. The second-order valence-electron chi connectivity index (χ2n) is 4.74. The zero-order valence-corrected chi connectivity index (χ0v) is 12.0. The van der Waals surface area contributed by atoms with Gasteiger partial charge in [0.2, 0.25) is 10.0 Å². The number of aliphatic hydroxyl groups excluding tert-OH is 1. The van der Waals surface area contributed by atoms with Crippen LogP contribution in [0.3, 0.4) is 0 Å². The molecule has 1 atom stereocenters. The van der Waals surface area contributed by atoms with Gasteiger partial charge in [0.1, 0.15) is 4.90 Å². The third-order valence-electron chi connectivity index (χ3n) is 2.47. The van der Waals surface area contributed by atoms with Gasteiger partial charge in [-0.05, 0) is 28.3 Å². The van der Waals surface area contributed by atoms with Crippen LogP contribution in [-0.2, 0) is 10.0 Å². The van der Waals surface area contributed by atoms with Gasteiger partial charge in [0.15, 0.2) is 6.20 Å². The van der Waals surface area contributed by atoms with Crippen molar-refractivity contribution in [3.63, 3.8) is 0 Å². The van der Waals surface area contributed by atoms with Crippen LogP contribution in [-0.4, -0.2) is 36.1 Å². The first-order chi connectivity index (χ1) is 9.22. The van der Waals surface area contributed by atoms with Crippen LogP contribution in [0, 0.1) is 16.0 Å². The van der Waals surface area contributed by atoms with Crippen molar-refractivity contribution >= 4 is 15.8 Å². The van der Waals surface area contributed by atoms with Gasteiger partial charge < -0.3 is 15.2 Å². The molecule has 20 heavy (non-hydrogen) atoms. The molecule has 0 aromatic carbocycles. The first kappa shape index (κ1) is 16.5. The van der Waals surface area contributed by atoms with E-state index in [1.807, 2.05) is 13.8 Å². The minimum Gasteiger partial charge on any atom is -0.392 e. The highest BCUT2D eigenvalue weighted by molar-refractivity contribution is 7.89. The van der Waals surface area contributed by atoms with Gasteiger partial charge in [-0.25, -0.2) is 13.1 Å². The fourth-order valence-electron chi connectivity index (χ4n) is 1.56. The van der Waals surface area contributed by atoms with E-state index in [1.54, 1.807) is 0 Å². The van der Waals surface area contributed by atoms with Crippen molar-refractivity contribution in [1.82, 2.24) is 9.71 Å². The molecular formula is C11H17N3O5S. The Morgan fingerprint density at radius 3 is 2.55 bits per heavy atom. The number of pyridine rings is 1. The minimum absolute atomic E-state index is 0.114. The minimum atomic E-state index is -3.83. The number of aliphatic hydroxyl groups is 1. The molecule has 0 spiro atoms. The van der Waals surface area contributed by atoms with Gasteiger partial charge in [-0.1, -0.05) is 13.8 Å². The summed E-state index contributed by atoms with van der Waals surface area (Å²) in [4.78, 5) is 13.0. The van der Waals surface area contributed by atoms with E-state index in [0.29, 0.717) is 6.42 Å². The summed E-state index contributed by atoms with van der Waals surface area (Å²) in [7, 11) is -3.83. The number of rotatable bonds is 7. The Bertz CT molecular complexity index is 556. The Morgan fingerprint density at radius 2 is 2.10 bits per heavy atom. The zero-order valence-electron chi connectivity index (χ0n) is 11.2. The summed E-state index contributed by atoms with van der Waals surface area (Å²) in [5, 5.41) is 20.0. The molecule has 2 N–H and O–H groups in total. The zero-order chi connectivity index (χ0) is 15.3. The molecule has 8 nitrogen and oxygen atoms in total. The Balaban J connectivity index is 2.71. The summed E-state index contributed by atoms with van der Waals surface area (Å²) < 4.78 is 26.0. The van der Waals surface area contributed by atoms with Gasteiger partial charge in [0, 0.05) is 12.6 Å². The molecule has 0 aliphatic carbocycles. The molecular weight excluding hydrogens is 286 g/mol. The predicted octanol–water partition coefficient (Wildman–Crippen LogP) is 0.675. The quantitative estimate of drug-likeness (QED) is 0.564. The maximum atomic E-state index is 11.9. The average Bonchev–Trinajstić information content (AvgIpc) is 2.36. The van der Waals surface area contributed by atoms with E-state index in [0.717, 1.165) is 18.3 Å². The molecule has 0 radical (unpaired) electrons. The topological polar surface area (TPSA) is 122 Å². The summed E-state index contributed by atoms with van der Waals surface area (Å²) in [6.07, 6.45) is 0.604. The molecule has 1 aromatic heterocycles. The van der Waals surface area contributed by atoms with Gasteiger partial charge in [-0.15, -0.1) is 0 Å². The predicted molar refractivity (Wildman–Crippen MR) is 71.5 cm³/mol. The van der Waals surface area contributed by atoms with Crippen molar-refractivity contribution in [3.8, 4) is 0 Å². The third kappa shape index (κ3) is 4.83. The van der Waals surface area contributed by atoms with Crippen molar-refractivity contribution in [2.75, 3.05) is 6.54 Å². The molecule has 0 saturated heterocycles. The van der Waals surface area contributed by atoms with E-state index in [4.69, 9.17) is 0 Å². The first-order valence-electron chi connectivity index (χ1n) is 6.00. The lowest BCUT2D eigenvalue weighted by Crippen LogP contribution is -2.32. The highest BCUT2D eigenvalue weighted by Gasteiger charge is 2.19. The smallest absolute Gasteiger partial charge is 0.363 e. The summed E-state index contributed by atoms with van der Waals surface area (Å²) >= 11 is 0. The summed E-state index contributed by atoms with van der Waals surface area (Å²) in [5.41, 5.74) is 0. The molecule has 112 valence electrons. The maximum absolute atomic E-state index is 11.9. The molecule has 9 heteroatoms. The van der Waals surface area contributed by atoms with Crippen molar-refractivity contribution in [1.29, 1.82) is 0 Å². The Hall–Kier alpha value is -1.58. The van der Waals surface area contributed by atoms with E-state index in [9.17, 15) is 23.6 Å². The standard InChI is InChI=1S/C11H17N3O5S/c1-8(2)5-9(15)6-13-20(18,19)10-3-4-11(12-7-10)14(16)17/h3-4,7-9,13,15H,5-6H2,1-2H3.